The van der Waals surface area contributed by atoms with Crippen molar-refractivity contribution in [1.82, 2.24) is 14.7 Å². The molecule has 0 bridgehead atoms. The summed E-state index contributed by atoms with van der Waals surface area (Å²) in [5.41, 5.74) is 2.59. The van der Waals surface area contributed by atoms with Crippen molar-refractivity contribution in [2.24, 2.45) is 5.92 Å². The van der Waals surface area contributed by atoms with Gasteiger partial charge in [-0.05, 0) is 74.8 Å². The predicted octanol–water partition coefficient (Wildman–Crippen LogP) is 6.50. The Kier molecular flexibility index (Phi) is 8.33. The number of fused-ring (bicyclic) bond motifs is 1. The molecule has 1 atom stereocenters. The molecule has 7 rings (SSSR count). The molecule has 10 heteroatoms. The van der Waals surface area contributed by atoms with E-state index >= 15 is 0 Å². The zero-order chi connectivity index (χ0) is 34.4. The topological polar surface area (TPSA) is 106 Å². The lowest BCUT2D eigenvalue weighted by Gasteiger charge is -2.37. The summed E-state index contributed by atoms with van der Waals surface area (Å²) in [4.78, 5) is 27.0. The number of amides is 2. The summed E-state index contributed by atoms with van der Waals surface area (Å²) in [6.45, 7) is 8.64. The van der Waals surface area contributed by atoms with Crippen LogP contribution in [0.1, 0.15) is 57.2 Å². The largest absolute Gasteiger partial charge is 0.494 e. The fourth-order valence-electron chi connectivity index (χ4n) is 7.10. The van der Waals surface area contributed by atoms with Crippen LogP contribution in [0.15, 0.2) is 109 Å². The number of benzene rings is 4. The fourth-order valence-corrected chi connectivity index (χ4v) is 7.10. The van der Waals surface area contributed by atoms with Gasteiger partial charge in [-0.2, -0.15) is 5.10 Å². The van der Waals surface area contributed by atoms with Crippen LogP contribution in [0.5, 0.6) is 0 Å². The molecule has 0 radical (unpaired) electrons. The third-order valence-corrected chi connectivity index (χ3v) is 10.4. The number of hydrogen-bond acceptors (Lipinski definition) is 5. The van der Waals surface area contributed by atoms with E-state index in [2.05, 4.69) is 41.7 Å². The van der Waals surface area contributed by atoms with Gasteiger partial charge in [0, 0.05) is 18.5 Å². The second-order valence-electron chi connectivity index (χ2n) is 14.0. The van der Waals surface area contributed by atoms with Gasteiger partial charge in [0.2, 0.25) is 5.91 Å². The molecular weight excluding hydrogens is 615 g/mol. The van der Waals surface area contributed by atoms with Crippen molar-refractivity contribution in [1.29, 1.82) is 0 Å². The summed E-state index contributed by atoms with van der Waals surface area (Å²) < 4.78 is 14.9. The smallest absolute Gasteiger partial charge is 0.465 e. The molecule has 5 aromatic rings. The van der Waals surface area contributed by atoms with Crippen molar-refractivity contribution in [2.75, 3.05) is 18.4 Å². The van der Waals surface area contributed by atoms with Crippen LogP contribution < -0.4 is 10.8 Å². The Balaban J connectivity index is 1.45. The Labute approximate surface area is 287 Å². The second kappa shape index (κ2) is 12.5. The quantitative estimate of drug-likeness (QED) is 0.153. The van der Waals surface area contributed by atoms with Crippen molar-refractivity contribution in [3.8, 4) is 0 Å². The van der Waals surface area contributed by atoms with E-state index in [0.717, 1.165) is 33.1 Å². The molecule has 250 valence electrons. The molecule has 0 aliphatic carbocycles. The van der Waals surface area contributed by atoms with Gasteiger partial charge < -0.3 is 24.6 Å². The molecular formula is C39H41BN4O5. The minimum atomic E-state index is -1.02. The molecule has 0 unspecified atom stereocenters. The van der Waals surface area contributed by atoms with Gasteiger partial charge in [-0.1, -0.05) is 97.1 Å². The highest BCUT2D eigenvalue weighted by atomic mass is 16.7. The molecule has 9 nitrogen and oxygen atoms in total. The Hall–Kier alpha value is -4.93. The molecule has 49 heavy (non-hydrogen) atoms. The number of carbonyl (C=O) groups excluding carboxylic acids is 1. The van der Waals surface area contributed by atoms with Crippen molar-refractivity contribution in [2.45, 2.75) is 57.3 Å². The lowest BCUT2D eigenvalue weighted by molar-refractivity contribution is -0.121. The van der Waals surface area contributed by atoms with Crippen LogP contribution in [0.25, 0.3) is 10.9 Å². The first-order valence-corrected chi connectivity index (χ1v) is 16.9. The molecule has 1 aromatic heterocycles. The van der Waals surface area contributed by atoms with E-state index in [1.807, 2.05) is 105 Å². The van der Waals surface area contributed by atoms with E-state index in [0.29, 0.717) is 25.2 Å². The van der Waals surface area contributed by atoms with Gasteiger partial charge in [0.1, 0.15) is 5.54 Å². The number of carbonyl (C=O) groups is 2. The van der Waals surface area contributed by atoms with E-state index in [1.54, 1.807) is 0 Å². The Morgan fingerprint density at radius 2 is 1.37 bits per heavy atom. The predicted molar refractivity (Wildman–Crippen MR) is 191 cm³/mol. The molecule has 2 N–H and O–H groups in total. The standard InChI is InChI=1S/C39H41BN4O5/c1-37(2)38(3,4)49-40(48-37)31-22-23-33-32(25-31)34(41-35(45)27-15-14-24-43(26-27)36(46)47)42-44(33)39(28-16-8-5-9-17-28,29-18-10-6-11-19-29)30-20-12-7-13-21-30/h5-13,16-23,25,27H,14-15,24,26H2,1-4H3,(H,46,47)(H,41,42,45)/t27-/m1/s1. The van der Waals surface area contributed by atoms with Crippen molar-refractivity contribution < 1.29 is 24.0 Å². The van der Waals surface area contributed by atoms with Crippen LogP contribution >= 0.6 is 0 Å². The molecule has 0 saturated carbocycles. The van der Waals surface area contributed by atoms with Gasteiger partial charge in [0.05, 0.1) is 22.6 Å². The van der Waals surface area contributed by atoms with Crippen molar-refractivity contribution >= 4 is 41.3 Å². The average molecular weight is 657 g/mol. The fraction of sp³-hybridized carbons (Fsp3) is 0.308. The highest BCUT2D eigenvalue weighted by Crippen LogP contribution is 2.44. The number of carboxylic acid groups (broad SMARTS) is 1. The lowest BCUT2D eigenvalue weighted by Crippen LogP contribution is -2.43. The van der Waals surface area contributed by atoms with Gasteiger partial charge in [-0.15, -0.1) is 0 Å². The summed E-state index contributed by atoms with van der Waals surface area (Å²) in [5.74, 6) is -0.375. The van der Waals surface area contributed by atoms with Crippen molar-refractivity contribution in [3.63, 3.8) is 0 Å². The molecule has 2 fully saturated rings. The highest BCUT2D eigenvalue weighted by Gasteiger charge is 2.52. The first-order valence-electron chi connectivity index (χ1n) is 16.9. The summed E-state index contributed by atoms with van der Waals surface area (Å²) in [7, 11) is -0.620. The monoisotopic (exact) mass is 656 g/mol. The van der Waals surface area contributed by atoms with Gasteiger partial charge >= 0.3 is 13.2 Å². The third-order valence-electron chi connectivity index (χ3n) is 10.4. The molecule has 0 spiro atoms. The molecule has 2 amide bonds. The summed E-state index contributed by atoms with van der Waals surface area (Å²) in [5, 5.41) is 18.8. The Bertz CT molecular complexity index is 1870. The maximum atomic E-state index is 13.9. The number of aromatic nitrogens is 2. The van der Waals surface area contributed by atoms with Crippen LogP contribution in [0.3, 0.4) is 0 Å². The number of rotatable bonds is 7. The van der Waals surface area contributed by atoms with E-state index in [9.17, 15) is 14.7 Å². The number of anilines is 1. The van der Waals surface area contributed by atoms with Crippen LogP contribution in [0, 0.1) is 5.92 Å². The maximum absolute atomic E-state index is 13.9. The first-order chi connectivity index (χ1) is 23.5. The molecule has 4 aromatic carbocycles. The average Bonchev–Trinajstić information content (AvgIpc) is 3.57. The minimum absolute atomic E-state index is 0.140. The van der Waals surface area contributed by atoms with Gasteiger partial charge in [-0.25, -0.2) is 9.48 Å². The Morgan fingerprint density at radius 3 is 1.88 bits per heavy atom. The van der Waals surface area contributed by atoms with Gasteiger partial charge in [0.25, 0.3) is 0 Å². The van der Waals surface area contributed by atoms with E-state index in [-0.39, 0.29) is 12.5 Å². The molecule has 2 aliphatic heterocycles. The number of nitrogens with one attached hydrogen (secondary N) is 1. The van der Waals surface area contributed by atoms with Crippen LogP contribution in [0.4, 0.5) is 10.6 Å². The van der Waals surface area contributed by atoms with Crippen molar-refractivity contribution in [3.05, 3.63) is 126 Å². The second-order valence-corrected chi connectivity index (χ2v) is 14.0. The number of likely N-dealkylation sites (tertiary alicyclic amines) is 1. The summed E-state index contributed by atoms with van der Waals surface area (Å²) in [6.07, 6.45) is 0.192. The number of hydrogen-bond donors (Lipinski definition) is 2. The molecule has 3 heterocycles. The van der Waals surface area contributed by atoms with Crippen LogP contribution in [0.2, 0.25) is 0 Å². The van der Waals surface area contributed by atoms with Crippen LogP contribution in [-0.2, 0) is 19.6 Å². The maximum Gasteiger partial charge on any atom is 0.494 e. The van der Waals surface area contributed by atoms with Crippen LogP contribution in [-0.4, -0.2) is 63.2 Å². The number of piperidine rings is 1. The molecule has 2 saturated heterocycles. The SMILES string of the molecule is CC1(C)OB(c2ccc3c(c2)c(NC(=O)[C@@H]2CCCN(C(=O)O)C2)nn3C(c2ccccc2)(c2ccccc2)c2ccccc2)OC1(C)C. The van der Waals surface area contributed by atoms with E-state index in [1.165, 1.54) is 4.90 Å². The number of nitrogens with zero attached hydrogens (tertiary/aromatic N) is 3. The summed E-state index contributed by atoms with van der Waals surface area (Å²) >= 11 is 0. The molecule has 2 aliphatic rings. The summed E-state index contributed by atoms with van der Waals surface area (Å²) in [6, 6.07) is 36.8. The lowest BCUT2D eigenvalue weighted by atomic mass is 9.76. The highest BCUT2D eigenvalue weighted by molar-refractivity contribution is 6.62. The Morgan fingerprint density at radius 1 is 0.837 bits per heavy atom. The van der Waals surface area contributed by atoms with E-state index < -0.39 is 35.9 Å². The van der Waals surface area contributed by atoms with Gasteiger partial charge in [0.15, 0.2) is 5.82 Å². The van der Waals surface area contributed by atoms with E-state index in [4.69, 9.17) is 14.4 Å². The zero-order valence-electron chi connectivity index (χ0n) is 28.3. The zero-order valence-corrected chi connectivity index (χ0v) is 28.3. The third kappa shape index (κ3) is 5.68. The first kappa shape index (κ1) is 32.6. The minimum Gasteiger partial charge on any atom is -0.465 e. The van der Waals surface area contributed by atoms with Gasteiger partial charge in [-0.3, -0.25) is 4.79 Å². The normalized spacial score (nSPS) is 18.8.